The van der Waals surface area contributed by atoms with Crippen LogP contribution < -0.4 is 10.6 Å². The maximum absolute atomic E-state index is 11.5. The third kappa shape index (κ3) is 6.52. The molecule has 0 rings (SSSR count). The average Bonchev–Trinajstić information content (AvgIpc) is 2.23. The van der Waals surface area contributed by atoms with E-state index in [9.17, 15) is 14.4 Å². The number of hydrogen-bond donors (Lipinski definition) is 4. The molecule has 0 aromatic carbocycles. The van der Waals surface area contributed by atoms with E-state index in [2.05, 4.69) is 10.6 Å². The molecule has 2 atom stereocenters. The number of carbonyl (C=O) groups is 3. The molecule has 0 bridgehead atoms. The Kier molecular flexibility index (Phi) is 6.88. The Hall–Kier alpha value is -1.63. The molecule has 0 aromatic heterocycles. The molecule has 7 heteroatoms. The summed E-state index contributed by atoms with van der Waals surface area (Å²) < 4.78 is 0. The highest BCUT2D eigenvalue weighted by Gasteiger charge is 2.24. The number of nitrogens with one attached hydrogen (secondary N) is 2. The third-order valence-corrected chi connectivity index (χ3v) is 2.14. The maximum Gasteiger partial charge on any atom is 0.326 e. The van der Waals surface area contributed by atoms with Crippen LogP contribution in [0.1, 0.15) is 20.3 Å². The summed E-state index contributed by atoms with van der Waals surface area (Å²) in [6.07, 6.45) is -0.630. The molecule has 0 aliphatic carbocycles. The zero-order chi connectivity index (χ0) is 13.4. The molecule has 0 fully saturated rings. The van der Waals surface area contributed by atoms with Gasteiger partial charge in [-0.05, 0) is 6.54 Å². The quantitative estimate of drug-likeness (QED) is 0.449. The van der Waals surface area contributed by atoms with Crippen LogP contribution in [0, 0.1) is 5.92 Å². The summed E-state index contributed by atoms with van der Waals surface area (Å²) in [5.74, 6) is -3.50. The average molecular weight is 246 g/mol. The van der Waals surface area contributed by atoms with Gasteiger partial charge in [-0.3, -0.25) is 9.59 Å². The predicted molar refractivity (Wildman–Crippen MR) is 59.5 cm³/mol. The van der Waals surface area contributed by atoms with Gasteiger partial charge in [0.15, 0.2) is 0 Å². The zero-order valence-corrected chi connectivity index (χ0v) is 9.90. The number of aliphatic carboxylic acids is 2. The van der Waals surface area contributed by atoms with Crippen molar-refractivity contribution in [2.75, 3.05) is 13.1 Å². The van der Waals surface area contributed by atoms with Crippen molar-refractivity contribution in [3.63, 3.8) is 0 Å². The minimum absolute atomic E-state index is 0.411. The minimum atomic E-state index is -1.39. The van der Waals surface area contributed by atoms with Gasteiger partial charge in [0.05, 0.1) is 6.42 Å². The number of rotatable bonds is 8. The Morgan fingerprint density at radius 1 is 1.24 bits per heavy atom. The second-order valence-corrected chi connectivity index (χ2v) is 3.71. The molecule has 0 saturated heterocycles. The van der Waals surface area contributed by atoms with Crippen molar-refractivity contribution in [3.05, 3.63) is 0 Å². The van der Waals surface area contributed by atoms with Gasteiger partial charge in [-0.25, -0.2) is 4.79 Å². The Morgan fingerprint density at radius 3 is 2.24 bits per heavy atom. The summed E-state index contributed by atoms with van der Waals surface area (Å²) in [6, 6.07) is -1.39. The van der Waals surface area contributed by atoms with E-state index >= 15 is 0 Å². The first-order valence-electron chi connectivity index (χ1n) is 5.34. The van der Waals surface area contributed by atoms with E-state index in [0.29, 0.717) is 13.1 Å². The van der Waals surface area contributed by atoms with Gasteiger partial charge >= 0.3 is 11.9 Å². The van der Waals surface area contributed by atoms with Crippen LogP contribution in [0.3, 0.4) is 0 Å². The second kappa shape index (κ2) is 7.61. The van der Waals surface area contributed by atoms with Gasteiger partial charge in [-0.2, -0.15) is 0 Å². The van der Waals surface area contributed by atoms with E-state index < -0.39 is 36.2 Å². The molecule has 0 saturated carbocycles. The van der Waals surface area contributed by atoms with Crippen molar-refractivity contribution < 1.29 is 24.6 Å². The Labute approximate surface area is 99.2 Å². The lowest BCUT2D eigenvalue weighted by Gasteiger charge is -2.16. The molecule has 0 radical (unpaired) electrons. The van der Waals surface area contributed by atoms with Crippen LogP contribution in [0.2, 0.25) is 0 Å². The SMILES string of the molecule is CCNCC(C)C(=O)NC(CC(=O)O)C(=O)O. The lowest BCUT2D eigenvalue weighted by Crippen LogP contribution is -2.46. The van der Waals surface area contributed by atoms with Crippen molar-refractivity contribution in [3.8, 4) is 0 Å². The fourth-order valence-electron chi connectivity index (χ4n) is 1.14. The molecule has 0 spiro atoms. The molecule has 0 aromatic rings. The largest absolute Gasteiger partial charge is 0.481 e. The molecule has 0 aliphatic rings. The summed E-state index contributed by atoms with van der Waals surface area (Å²) in [4.78, 5) is 32.7. The van der Waals surface area contributed by atoms with Gasteiger partial charge in [0.25, 0.3) is 0 Å². The smallest absolute Gasteiger partial charge is 0.326 e. The van der Waals surface area contributed by atoms with Gasteiger partial charge in [-0.15, -0.1) is 0 Å². The van der Waals surface area contributed by atoms with Crippen LogP contribution in [0.4, 0.5) is 0 Å². The lowest BCUT2D eigenvalue weighted by molar-refractivity contribution is -0.147. The van der Waals surface area contributed by atoms with Crippen LogP contribution in [-0.4, -0.2) is 47.2 Å². The number of amides is 1. The molecule has 2 unspecified atom stereocenters. The van der Waals surface area contributed by atoms with Crippen molar-refractivity contribution in [1.82, 2.24) is 10.6 Å². The van der Waals surface area contributed by atoms with Crippen molar-refractivity contribution in [1.29, 1.82) is 0 Å². The van der Waals surface area contributed by atoms with Gasteiger partial charge in [0, 0.05) is 12.5 Å². The molecule has 0 heterocycles. The van der Waals surface area contributed by atoms with Crippen molar-refractivity contribution >= 4 is 17.8 Å². The number of hydrogen-bond acceptors (Lipinski definition) is 4. The van der Waals surface area contributed by atoms with Crippen LogP contribution in [0.15, 0.2) is 0 Å². The highest BCUT2D eigenvalue weighted by Crippen LogP contribution is 1.98. The molecule has 98 valence electrons. The standard InChI is InChI=1S/C10H18N2O5/c1-3-11-5-6(2)9(15)12-7(10(16)17)4-8(13)14/h6-7,11H,3-5H2,1-2H3,(H,12,15)(H,13,14)(H,16,17). The zero-order valence-electron chi connectivity index (χ0n) is 9.90. The fraction of sp³-hybridized carbons (Fsp3) is 0.700. The molecule has 1 amide bonds. The van der Waals surface area contributed by atoms with Crippen LogP contribution in [0.25, 0.3) is 0 Å². The molecule has 7 nitrogen and oxygen atoms in total. The normalized spacial score (nSPS) is 13.8. The van der Waals surface area contributed by atoms with E-state index in [1.807, 2.05) is 6.92 Å². The molecule has 4 N–H and O–H groups in total. The molecular weight excluding hydrogens is 228 g/mol. The minimum Gasteiger partial charge on any atom is -0.481 e. The van der Waals surface area contributed by atoms with Crippen LogP contribution in [0.5, 0.6) is 0 Å². The van der Waals surface area contributed by atoms with Crippen molar-refractivity contribution in [2.24, 2.45) is 5.92 Å². The number of carbonyl (C=O) groups excluding carboxylic acids is 1. The van der Waals surface area contributed by atoms with Crippen LogP contribution >= 0.6 is 0 Å². The molecular formula is C10H18N2O5. The van der Waals surface area contributed by atoms with Gasteiger partial charge in [0.1, 0.15) is 6.04 Å². The fourth-order valence-corrected chi connectivity index (χ4v) is 1.14. The van der Waals surface area contributed by atoms with Gasteiger partial charge in [-0.1, -0.05) is 13.8 Å². The monoisotopic (exact) mass is 246 g/mol. The lowest BCUT2D eigenvalue weighted by atomic mass is 10.1. The summed E-state index contributed by atoms with van der Waals surface area (Å²) in [7, 11) is 0. The van der Waals surface area contributed by atoms with E-state index in [1.165, 1.54) is 0 Å². The molecule has 17 heavy (non-hydrogen) atoms. The summed E-state index contributed by atoms with van der Waals surface area (Å²) >= 11 is 0. The third-order valence-electron chi connectivity index (χ3n) is 2.14. The topological polar surface area (TPSA) is 116 Å². The second-order valence-electron chi connectivity index (χ2n) is 3.71. The Bertz CT molecular complexity index is 292. The summed E-state index contributed by atoms with van der Waals surface area (Å²) in [6.45, 7) is 4.64. The van der Waals surface area contributed by atoms with E-state index in [-0.39, 0.29) is 0 Å². The summed E-state index contributed by atoms with van der Waals surface area (Å²) in [5.41, 5.74) is 0. The Balaban J connectivity index is 4.29. The molecule has 0 aliphatic heterocycles. The van der Waals surface area contributed by atoms with E-state index in [1.54, 1.807) is 6.92 Å². The van der Waals surface area contributed by atoms with Crippen molar-refractivity contribution in [2.45, 2.75) is 26.3 Å². The first kappa shape index (κ1) is 15.4. The number of carboxylic acid groups (broad SMARTS) is 2. The first-order chi connectivity index (χ1) is 7.88. The Morgan fingerprint density at radius 2 is 1.82 bits per heavy atom. The predicted octanol–water partition coefficient (Wildman–Crippen LogP) is -0.724. The van der Waals surface area contributed by atoms with E-state index in [0.717, 1.165) is 0 Å². The van der Waals surface area contributed by atoms with Gasteiger partial charge in [0.2, 0.25) is 5.91 Å². The first-order valence-corrected chi connectivity index (χ1v) is 5.34. The van der Waals surface area contributed by atoms with E-state index in [4.69, 9.17) is 10.2 Å². The van der Waals surface area contributed by atoms with Crippen LogP contribution in [-0.2, 0) is 14.4 Å². The summed E-state index contributed by atoms with van der Waals surface area (Å²) in [5, 5.41) is 22.4. The maximum atomic E-state index is 11.5. The highest BCUT2D eigenvalue weighted by molar-refractivity contribution is 5.87. The van der Waals surface area contributed by atoms with Gasteiger partial charge < -0.3 is 20.8 Å². The highest BCUT2D eigenvalue weighted by atomic mass is 16.4. The number of carboxylic acids is 2.